The Morgan fingerprint density at radius 3 is 1.58 bits per heavy atom. The minimum absolute atomic E-state index is 0. The SMILES string of the molecule is CCOC(=O)OC(=O)OCC.[PbH2]. The van der Waals surface area contributed by atoms with Gasteiger partial charge in [-0.15, -0.1) is 0 Å². The van der Waals surface area contributed by atoms with Gasteiger partial charge in [0.2, 0.25) is 0 Å². The fourth-order valence-electron chi connectivity index (χ4n) is 0.363. The predicted molar refractivity (Wildman–Crippen MR) is 43.7 cm³/mol. The van der Waals surface area contributed by atoms with Crippen molar-refractivity contribution in [3.8, 4) is 0 Å². The Hall–Kier alpha value is -0.338. The van der Waals surface area contributed by atoms with Crippen LogP contribution in [-0.2, 0) is 14.2 Å². The second-order valence-corrected chi connectivity index (χ2v) is 1.47. The molecule has 0 aromatic rings. The first kappa shape index (κ1) is 14.2. The summed E-state index contributed by atoms with van der Waals surface area (Å²) in [6.45, 7) is 3.54. The Bertz CT molecular complexity index is 131. The molecule has 0 spiro atoms. The molecule has 0 saturated carbocycles. The molecule has 0 saturated heterocycles. The van der Waals surface area contributed by atoms with E-state index in [0.717, 1.165) is 0 Å². The number of hydrogen-bond acceptors (Lipinski definition) is 5. The van der Waals surface area contributed by atoms with Gasteiger partial charge in [-0.05, 0) is 13.8 Å². The van der Waals surface area contributed by atoms with E-state index in [9.17, 15) is 9.59 Å². The van der Waals surface area contributed by atoms with Crippen LogP contribution in [0.5, 0.6) is 0 Å². The first-order chi connectivity index (χ1) is 5.20. The second kappa shape index (κ2) is 8.76. The zero-order valence-corrected chi connectivity index (χ0v) is 12.7. The van der Waals surface area contributed by atoms with Crippen molar-refractivity contribution in [3.63, 3.8) is 0 Å². The van der Waals surface area contributed by atoms with Gasteiger partial charge in [0.1, 0.15) is 0 Å². The van der Waals surface area contributed by atoms with Crippen LogP contribution in [0.2, 0.25) is 0 Å². The van der Waals surface area contributed by atoms with Gasteiger partial charge in [0, 0.05) is 0 Å². The topological polar surface area (TPSA) is 61.8 Å². The molecule has 5 nitrogen and oxygen atoms in total. The van der Waals surface area contributed by atoms with Crippen molar-refractivity contribution in [1.82, 2.24) is 0 Å². The summed E-state index contributed by atoms with van der Waals surface area (Å²) in [6.07, 6.45) is -2.07. The third-order valence-corrected chi connectivity index (χ3v) is 0.691. The Balaban J connectivity index is 0. The summed E-state index contributed by atoms with van der Waals surface area (Å²) >= 11 is 0. The summed E-state index contributed by atoms with van der Waals surface area (Å²) in [5.74, 6) is 0. The molecule has 0 bridgehead atoms. The van der Waals surface area contributed by atoms with E-state index >= 15 is 0 Å². The van der Waals surface area contributed by atoms with Crippen molar-refractivity contribution in [3.05, 3.63) is 0 Å². The van der Waals surface area contributed by atoms with Gasteiger partial charge >= 0.3 is 39.6 Å². The summed E-state index contributed by atoms with van der Waals surface area (Å²) < 4.78 is 12.6. The van der Waals surface area contributed by atoms with Gasteiger partial charge in [-0.2, -0.15) is 0 Å². The Morgan fingerprint density at radius 2 is 1.33 bits per heavy atom. The molecule has 70 valence electrons. The zero-order chi connectivity index (χ0) is 8.69. The average molecular weight is 371 g/mol. The van der Waals surface area contributed by atoms with Crippen molar-refractivity contribution in [1.29, 1.82) is 0 Å². The molecular formula is C6H12O5Pb. The van der Waals surface area contributed by atoms with E-state index < -0.39 is 12.3 Å². The molecule has 6 heteroatoms. The molecule has 0 amide bonds. The molecule has 0 fully saturated rings. The molecule has 12 heavy (non-hydrogen) atoms. The van der Waals surface area contributed by atoms with Gasteiger partial charge in [0.05, 0.1) is 13.2 Å². The van der Waals surface area contributed by atoms with Crippen molar-refractivity contribution in [2.24, 2.45) is 0 Å². The average Bonchev–Trinajstić information content (AvgIpc) is 1.87. The van der Waals surface area contributed by atoms with E-state index in [2.05, 4.69) is 14.2 Å². The van der Waals surface area contributed by atoms with Crippen molar-refractivity contribution in [2.75, 3.05) is 13.2 Å². The van der Waals surface area contributed by atoms with E-state index in [-0.39, 0.29) is 40.5 Å². The first-order valence-electron chi connectivity index (χ1n) is 3.22. The zero-order valence-electron chi connectivity index (χ0n) is 7.16. The summed E-state index contributed by atoms with van der Waals surface area (Å²) in [6, 6.07) is 0. The molecule has 0 aliphatic rings. The van der Waals surface area contributed by atoms with Crippen LogP contribution >= 0.6 is 0 Å². The van der Waals surface area contributed by atoms with E-state index in [1.54, 1.807) is 13.8 Å². The van der Waals surface area contributed by atoms with E-state index in [1.807, 2.05) is 0 Å². The molecule has 0 aliphatic heterocycles. The summed E-state index contributed by atoms with van der Waals surface area (Å²) in [5.41, 5.74) is 0. The molecule has 0 heterocycles. The van der Waals surface area contributed by atoms with E-state index in [4.69, 9.17) is 0 Å². The van der Waals surface area contributed by atoms with Crippen LogP contribution in [0, 0.1) is 0 Å². The Morgan fingerprint density at radius 1 is 1.00 bits per heavy atom. The molecule has 0 aromatic carbocycles. The van der Waals surface area contributed by atoms with Crippen LogP contribution in [0.15, 0.2) is 0 Å². The minimum atomic E-state index is -1.04. The normalized spacial score (nSPS) is 7.83. The molecular weight excluding hydrogens is 359 g/mol. The van der Waals surface area contributed by atoms with Gasteiger partial charge in [0.25, 0.3) is 0 Å². The molecule has 0 N–H and O–H groups in total. The van der Waals surface area contributed by atoms with Crippen molar-refractivity contribution >= 4 is 39.6 Å². The molecule has 0 rings (SSSR count). The second-order valence-electron chi connectivity index (χ2n) is 1.47. The monoisotopic (exact) mass is 372 g/mol. The van der Waals surface area contributed by atoms with Crippen LogP contribution < -0.4 is 0 Å². The first-order valence-corrected chi connectivity index (χ1v) is 3.22. The van der Waals surface area contributed by atoms with E-state index in [1.165, 1.54) is 0 Å². The molecule has 0 aromatic heterocycles. The van der Waals surface area contributed by atoms with Crippen LogP contribution in [0.3, 0.4) is 0 Å². The Labute approximate surface area is 90.5 Å². The molecule has 0 atom stereocenters. The van der Waals surface area contributed by atoms with Gasteiger partial charge in [-0.3, -0.25) is 0 Å². The third kappa shape index (κ3) is 7.77. The number of hydrogen-bond donors (Lipinski definition) is 0. The standard InChI is InChI=1S/C6H10O5.Pb.2H/c1-3-9-5(7)11-6(8)10-4-2;;;/h3-4H2,1-2H3;;;. The predicted octanol–water partition coefficient (Wildman–Crippen LogP) is 0.400. The van der Waals surface area contributed by atoms with Crippen LogP contribution in [0.4, 0.5) is 9.59 Å². The summed E-state index contributed by atoms with van der Waals surface area (Å²) in [5, 5.41) is 0. The van der Waals surface area contributed by atoms with E-state index in [0.29, 0.717) is 0 Å². The fraction of sp³-hybridized carbons (Fsp3) is 0.667. The maximum absolute atomic E-state index is 10.4. The quantitative estimate of drug-likeness (QED) is 0.400. The maximum atomic E-state index is 10.4. The van der Waals surface area contributed by atoms with Gasteiger partial charge in [-0.25, -0.2) is 9.59 Å². The van der Waals surface area contributed by atoms with Gasteiger partial charge in [0.15, 0.2) is 0 Å². The number of rotatable bonds is 2. The fourth-order valence-corrected chi connectivity index (χ4v) is 0.363. The Kier molecular flexibility index (Phi) is 10.4. The van der Waals surface area contributed by atoms with Crippen LogP contribution in [0.25, 0.3) is 0 Å². The van der Waals surface area contributed by atoms with Gasteiger partial charge < -0.3 is 14.2 Å². The third-order valence-electron chi connectivity index (χ3n) is 0.691. The molecule has 0 aliphatic carbocycles. The number of carbonyl (C=O) groups excluding carboxylic acids is 2. The molecule has 0 unspecified atom stereocenters. The van der Waals surface area contributed by atoms with Crippen LogP contribution in [0.1, 0.15) is 13.8 Å². The number of ether oxygens (including phenoxy) is 3. The van der Waals surface area contributed by atoms with Gasteiger partial charge in [-0.1, -0.05) is 0 Å². The summed E-state index contributed by atoms with van der Waals surface area (Å²) in [4.78, 5) is 20.8. The molecule has 2 radical (unpaired) electrons. The van der Waals surface area contributed by atoms with Crippen LogP contribution in [-0.4, -0.2) is 52.8 Å². The number of carbonyl (C=O) groups is 2. The van der Waals surface area contributed by atoms with Crippen molar-refractivity contribution in [2.45, 2.75) is 13.8 Å². The summed E-state index contributed by atoms with van der Waals surface area (Å²) in [7, 11) is 0. The van der Waals surface area contributed by atoms with Crippen molar-refractivity contribution < 1.29 is 23.8 Å².